The van der Waals surface area contributed by atoms with Gasteiger partial charge in [-0.3, -0.25) is 4.79 Å². The van der Waals surface area contributed by atoms with E-state index in [0.29, 0.717) is 22.9 Å². The maximum atomic E-state index is 13.5. The molecule has 0 bridgehead atoms. The molecule has 6 nitrogen and oxygen atoms in total. The number of nitrogens with one attached hydrogen (secondary N) is 1. The maximum Gasteiger partial charge on any atom is 0.221 e. The Morgan fingerprint density at radius 2 is 2.33 bits per heavy atom. The fourth-order valence-electron chi connectivity index (χ4n) is 1.54. The first-order chi connectivity index (χ1) is 10.1. The Bertz CT molecular complexity index is 636. The highest BCUT2D eigenvalue weighted by Crippen LogP contribution is 2.16. The lowest BCUT2D eigenvalue weighted by atomic mass is 10.2. The maximum absolute atomic E-state index is 13.5. The summed E-state index contributed by atoms with van der Waals surface area (Å²) < 4.78 is 15.8. The molecule has 0 saturated heterocycles. The molecule has 0 aliphatic carbocycles. The Kier molecular flexibility index (Phi) is 5.68. The SMILES string of the molecule is Cn1nnnc1SCCC(=O)NCc1cc(Br)ccc1F. The van der Waals surface area contributed by atoms with E-state index >= 15 is 0 Å². The Morgan fingerprint density at radius 1 is 1.52 bits per heavy atom. The van der Waals surface area contributed by atoms with Crippen molar-refractivity contribution >= 4 is 33.6 Å². The fraction of sp³-hybridized carbons (Fsp3) is 0.333. The summed E-state index contributed by atoms with van der Waals surface area (Å²) in [4.78, 5) is 11.7. The number of aryl methyl sites for hydroxylation is 1. The number of rotatable bonds is 6. The van der Waals surface area contributed by atoms with Crippen LogP contribution in [0.5, 0.6) is 0 Å². The standard InChI is InChI=1S/C12H13BrFN5OS/c1-19-12(16-17-18-19)21-5-4-11(20)15-7-8-6-9(13)2-3-10(8)14/h2-3,6H,4-5,7H2,1H3,(H,15,20). The van der Waals surface area contributed by atoms with Gasteiger partial charge in [0.2, 0.25) is 11.1 Å². The Morgan fingerprint density at radius 3 is 3.05 bits per heavy atom. The molecule has 0 atom stereocenters. The molecule has 9 heteroatoms. The van der Waals surface area contributed by atoms with Crippen LogP contribution >= 0.6 is 27.7 Å². The van der Waals surface area contributed by atoms with Gasteiger partial charge < -0.3 is 5.32 Å². The normalized spacial score (nSPS) is 10.6. The first kappa shape index (κ1) is 15.9. The number of thioether (sulfide) groups is 1. The second kappa shape index (κ2) is 7.51. The predicted octanol–water partition coefficient (Wildman–Crippen LogP) is 1.91. The average Bonchev–Trinajstić information content (AvgIpc) is 2.85. The molecule has 1 amide bonds. The molecule has 0 saturated carbocycles. The van der Waals surface area contributed by atoms with Gasteiger partial charge in [-0.1, -0.05) is 27.7 Å². The molecule has 0 aliphatic rings. The van der Waals surface area contributed by atoms with Crippen LogP contribution in [-0.2, 0) is 18.4 Å². The number of halogens is 2. The van der Waals surface area contributed by atoms with E-state index in [1.807, 2.05) is 0 Å². The van der Waals surface area contributed by atoms with Crippen LogP contribution in [-0.4, -0.2) is 31.9 Å². The molecule has 0 fully saturated rings. The number of aromatic nitrogens is 4. The highest BCUT2D eigenvalue weighted by atomic mass is 79.9. The van der Waals surface area contributed by atoms with Gasteiger partial charge in [0, 0.05) is 35.8 Å². The van der Waals surface area contributed by atoms with Gasteiger partial charge in [0.15, 0.2) is 0 Å². The lowest BCUT2D eigenvalue weighted by Gasteiger charge is -2.06. The van der Waals surface area contributed by atoms with E-state index in [-0.39, 0.29) is 18.3 Å². The molecule has 1 aromatic heterocycles. The molecule has 21 heavy (non-hydrogen) atoms. The number of benzene rings is 1. The van der Waals surface area contributed by atoms with Crippen molar-refractivity contribution in [3.05, 3.63) is 34.1 Å². The van der Waals surface area contributed by atoms with E-state index in [9.17, 15) is 9.18 Å². The van der Waals surface area contributed by atoms with Crippen LogP contribution in [0.25, 0.3) is 0 Å². The van der Waals surface area contributed by atoms with Crippen LogP contribution in [0, 0.1) is 5.82 Å². The minimum absolute atomic E-state index is 0.142. The smallest absolute Gasteiger partial charge is 0.221 e. The molecule has 2 aromatic rings. The number of carbonyl (C=O) groups is 1. The van der Waals surface area contributed by atoms with Crippen molar-refractivity contribution in [3.63, 3.8) is 0 Å². The lowest BCUT2D eigenvalue weighted by Crippen LogP contribution is -2.23. The van der Waals surface area contributed by atoms with E-state index < -0.39 is 0 Å². The van der Waals surface area contributed by atoms with Crippen molar-refractivity contribution in [2.45, 2.75) is 18.1 Å². The van der Waals surface area contributed by atoms with E-state index in [2.05, 4.69) is 36.8 Å². The summed E-state index contributed by atoms with van der Waals surface area (Å²) in [6.45, 7) is 0.167. The molecular formula is C12H13BrFN5OS. The number of amides is 1. The van der Waals surface area contributed by atoms with Crippen molar-refractivity contribution in [2.75, 3.05) is 5.75 Å². The third-order valence-electron chi connectivity index (χ3n) is 2.63. The Balaban J connectivity index is 1.75. The van der Waals surface area contributed by atoms with Crippen LogP contribution < -0.4 is 5.32 Å². The van der Waals surface area contributed by atoms with Gasteiger partial charge in [-0.05, 0) is 28.6 Å². The quantitative estimate of drug-likeness (QED) is 0.783. The van der Waals surface area contributed by atoms with Gasteiger partial charge in [-0.2, -0.15) is 0 Å². The van der Waals surface area contributed by atoms with Crippen LogP contribution in [0.1, 0.15) is 12.0 Å². The third kappa shape index (κ3) is 4.78. The van der Waals surface area contributed by atoms with E-state index in [0.717, 1.165) is 4.47 Å². The van der Waals surface area contributed by atoms with Crippen LogP contribution in [0.15, 0.2) is 27.8 Å². The zero-order chi connectivity index (χ0) is 15.2. The number of nitrogens with zero attached hydrogens (tertiary/aromatic N) is 4. The van der Waals surface area contributed by atoms with Gasteiger partial charge in [0.05, 0.1) is 0 Å². The summed E-state index contributed by atoms with van der Waals surface area (Å²) in [5.74, 6) is 0.0797. The number of hydrogen-bond donors (Lipinski definition) is 1. The predicted molar refractivity (Wildman–Crippen MR) is 80.1 cm³/mol. The molecule has 112 valence electrons. The fourth-order valence-corrected chi connectivity index (χ4v) is 2.74. The Hall–Kier alpha value is -1.48. The molecule has 0 unspecified atom stereocenters. The number of hydrogen-bond acceptors (Lipinski definition) is 5. The minimum atomic E-state index is -0.335. The molecule has 0 radical (unpaired) electrons. The third-order valence-corrected chi connectivity index (χ3v) is 4.13. The summed E-state index contributed by atoms with van der Waals surface area (Å²) in [7, 11) is 1.73. The lowest BCUT2D eigenvalue weighted by molar-refractivity contribution is -0.120. The van der Waals surface area contributed by atoms with Crippen LogP contribution in [0.4, 0.5) is 4.39 Å². The van der Waals surface area contributed by atoms with Crippen molar-refractivity contribution in [2.24, 2.45) is 7.05 Å². The first-order valence-corrected chi connectivity index (χ1v) is 7.90. The molecule has 0 spiro atoms. The summed E-state index contributed by atoms with van der Waals surface area (Å²) in [5.41, 5.74) is 0.447. The molecular weight excluding hydrogens is 361 g/mol. The summed E-state index contributed by atoms with van der Waals surface area (Å²) in [5, 5.41) is 14.4. The zero-order valence-corrected chi connectivity index (χ0v) is 13.6. The van der Waals surface area contributed by atoms with E-state index in [1.165, 1.54) is 17.8 Å². The summed E-state index contributed by atoms with van der Waals surface area (Å²) in [6.07, 6.45) is 0.313. The number of carbonyl (C=O) groups excluding carboxylic acids is 1. The van der Waals surface area contributed by atoms with Crippen LogP contribution in [0.3, 0.4) is 0 Å². The van der Waals surface area contributed by atoms with Gasteiger partial charge in [0.1, 0.15) is 5.82 Å². The molecule has 1 N–H and O–H groups in total. The largest absolute Gasteiger partial charge is 0.352 e. The molecule has 2 rings (SSSR count). The summed E-state index contributed by atoms with van der Waals surface area (Å²) in [6, 6.07) is 4.63. The van der Waals surface area contributed by atoms with E-state index in [1.54, 1.807) is 23.9 Å². The van der Waals surface area contributed by atoms with Gasteiger partial charge in [0.25, 0.3) is 0 Å². The zero-order valence-electron chi connectivity index (χ0n) is 11.2. The van der Waals surface area contributed by atoms with E-state index in [4.69, 9.17) is 0 Å². The minimum Gasteiger partial charge on any atom is -0.352 e. The second-order valence-electron chi connectivity index (χ2n) is 4.20. The Labute approximate surface area is 133 Å². The molecule has 1 heterocycles. The topological polar surface area (TPSA) is 72.7 Å². The van der Waals surface area contributed by atoms with Crippen LogP contribution in [0.2, 0.25) is 0 Å². The van der Waals surface area contributed by atoms with Crippen molar-refractivity contribution < 1.29 is 9.18 Å². The molecule has 1 aromatic carbocycles. The average molecular weight is 374 g/mol. The molecule has 0 aliphatic heterocycles. The van der Waals surface area contributed by atoms with Crippen molar-refractivity contribution in [1.82, 2.24) is 25.5 Å². The highest BCUT2D eigenvalue weighted by Gasteiger charge is 2.08. The highest BCUT2D eigenvalue weighted by molar-refractivity contribution is 9.10. The second-order valence-corrected chi connectivity index (χ2v) is 6.17. The monoisotopic (exact) mass is 373 g/mol. The summed E-state index contributed by atoms with van der Waals surface area (Å²) >= 11 is 4.66. The van der Waals surface area contributed by atoms with Gasteiger partial charge in [-0.15, -0.1) is 5.10 Å². The van der Waals surface area contributed by atoms with Gasteiger partial charge >= 0.3 is 0 Å². The number of tetrazole rings is 1. The van der Waals surface area contributed by atoms with Gasteiger partial charge in [-0.25, -0.2) is 9.07 Å². The van der Waals surface area contributed by atoms with Crippen molar-refractivity contribution in [3.8, 4) is 0 Å². The first-order valence-electron chi connectivity index (χ1n) is 6.12. The van der Waals surface area contributed by atoms with Crippen molar-refractivity contribution in [1.29, 1.82) is 0 Å².